The number of aliphatic carboxylic acids is 1. The Bertz CT molecular complexity index is 598. The van der Waals surface area contributed by atoms with Crippen LogP contribution in [0.5, 0.6) is 0 Å². The summed E-state index contributed by atoms with van der Waals surface area (Å²) in [7, 11) is 1.64. The molecule has 0 radical (unpaired) electrons. The molecule has 2 aromatic rings. The first-order valence-electron chi connectivity index (χ1n) is 6.29. The average molecular weight is 268 g/mol. The zero-order valence-corrected chi connectivity index (χ0v) is 11.2. The molecular weight excluding hydrogens is 252 g/mol. The third-order valence-corrected chi connectivity index (χ3v) is 2.92. The van der Waals surface area contributed by atoms with Crippen LogP contribution in [0.3, 0.4) is 0 Å². The monoisotopic (exact) mass is 268 g/mol. The quantitative estimate of drug-likeness (QED) is 0.667. The standard InChI is InChI=1S/C17H16O3/c1-20-12-14-9-7-13(8-10-14)11-16(17(18)19)15-5-3-2-4-6-15/h2-11H,12H2,1H3,(H,18,19). The van der Waals surface area contributed by atoms with Crippen LogP contribution in [-0.4, -0.2) is 18.2 Å². The molecule has 20 heavy (non-hydrogen) atoms. The molecule has 0 saturated carbocycles. The van der Waals surface area contributed by atoms with Gasteiger partial charge in [0, 0.05) is 7.11 Å². The first-order chi connectivity index (χ1) is 9.70. The van der Waals surface area contributed by atoms with Gasteiger partial charge in [0.05, 0.1) is 12.2 Å². The van der Waals surface area contributed by atoms with E-state index >= 15 is 0 Å². The van der Waals surface area contributed by atoms with Crippen LogP contribution >= 0.6 is 0 Å². The van der Waals surface area contributed by atoms with Crippen LogP contribution in [0.25, 0.3) is 11.6 Å². The number of carboxylic acid groups (broad SMARTS) is 1. The zero-order chi connectivity index (χ0) is 14.4. The van der Waals surface area contributed by atoms with E-state index in [2.05, 4.69) is 0 Å². The van der Waals surface area contributed by atoms with Gasteiger partial charge in [0.1, 0.15) is 0 Å². The fourth-order valence-corrected chi connectivity index (χ4v) is 1.93. The molecule has 2 aromatic carbocycles. The van der Waals surface area contributed by atoms with Gasteiger partial charge in [-0.15, -0.1) is 0 Å². The van der Waals surface area contributed by atoms with Crippen molar-refractivity contribution in [1.82, 2.24) is 0 Å². The topological polar surface area (TPSA) is 46.5 Å². The zero-order valence-electron chi connectivity index (χ0n) is 11.2. The lowest BCUT2D eigenvalue weighted by atomic mass is 10.0. The number of carboxylic acids is 1. The van der Waals surface area contributed by atoms with Crippen molar-refractivity contribution < 1.29 is 14.6 Å². The van der Waals surface area contributed by atoms with Gasteiger partial charge in [-0.05, 0) is 22.8 Å². The molecule has 0 aliphatic heterocycles. The van der Waals surface area contributed by atoms with E-state index in [1.54, 1.807) is 25.3 Å². The number of methoxy groups -OCH3 is 1. The van der Waals surface area contributed by atoms with Gasteiger partial charge in [0.2, 0.25) is 0 Å². The van der Waals surface area contributed by atoms with Crippen molar-refractivity contribution in [3.05, 3.63) is 71.3 Å². The summed E-state index contributed by atoms with van der Waals surface area (Å²) in [6.45, 7) is 0.550. The van der Waals surface area contributed by atoms with Gasteiger partial charge in [0.15, 0.2) is 0 Å². The normalized spacial score (nSPS) is 11.3. The fourth-order valence-electron chi connectivity index (χ4n) is 1.93. The van der Waals surface area contributed by atoms with E-state index in [1.165, 1.54) is 0 Å². The Labute approximate surface area is 118 Å². The summed E-state index contributed by atoms with van der Waals surface area (Å²) in [5.41, 5.74) is 2.89. The smallest absolute Gasteiger partial charge is 0.336 e. The second kappa shape index (κ2) is 6.68. The van der Waals surface area contributed by atoms with E-state index in [0.717, 1.165) is 11.1 Å². The molecule has 0 aliphatic rings. The Morgan fingerprint density at radius 2 is 1.75 bits per heavy atom. The highest BCUT2D eigenvalue weighted by Gasteiger charge is 2.09. The van der Waals surface area contributed by atoms with Crippen LogP contribution in [0.1, 0.15) is 16.7 Å². The Morgan fingerprint density at radius 3 is 2.30 bits per heavy atom. The molecular formula is C17H16O3. The maximum atomic E-state index is 11.4. The van der Waals surface area contributed by atoms with Crippen LogP contribution in [0, 0.1) is 0 Å². The van der Waals surface area contributed by atoms with Crippen LogP contribution in [0.15, 0.2) is 54.6 Å². The number of carbonyl (C=O) groups is 1. The summed E-state index contributed by atoms with van der Waals surface area (Å²) >= 11 is 0. The van der Waals surface area contributed by atoms with E-state index in [0.29, 0.717) is 12.2 Å². The maximum absolute atomic E-state index is 11.4. The van der Waals surface area contributed by atoms with Crippen molar-refractivity contribution in [3.63, 3.8) is 0 Å². The highest BCUT2D eigenvalue weighted by molar-refractivity contribution is 6.20. The number of ether oxygens (including phenoxy) is 1. The predicted molar refractivity (Wildman–Crippen MR) is 79.1 cm³/mol. The molecule has 0 amide bonds. The molecule has 0 saturated heterocycles. The number of hydrogen-bond acceptors (Lipinski definition) is 2. The fraction of sp³-hybridized carbons (Fsp3) is 0.118. The van der Waals surface area contributed by atoms with Gasteiger partial charge in [-0.2, -0.15) is 0 Å². The molecule has 0 spiro atoms. The summed E-state index contributed by atoms with van der Waals surface area (Å²) in [5, 5.41) is 9.34. The van der Waals surface area contributed by atoms with E-state index in [1.807, 2.05) is 42.5 Å². The van der Waals surface area contributed by atoms with Gasteiger partial charge in [-0.25, -0.2) is 4.79 Å². The molecule has 1 N–H and O–H groups in total. The van der Waals surface area contributed by atoms with Crippen LogP contribution < -0.4 is 0 Å². The SMILES string of the molecule is COCc1ccc(C=C(C(=O)O)c2ccccc2)cc1. The number of benzene rings is 2. The Balaban J connectivity index is 2.32. The summed E-state index contributed by atoms with van der Waals surface area (Å²) in [6.07, 6.45) is 1.67. The van der Waals surface area contributed by atoms with Crippen molar-refractivity contribution in [2.75, 3.05) is 7.11 Å². The Kier molecular flexibility index (Phi) is 4.69. The van der Waals surface area contributed by atoms with Crippen molar-refractivity contribution in [3.8, 4) is 0 Å². The Morgan fingerprint density at radius 1 is 1.10 bits per heavy atom. The van der Waals surface area contributed by atoms with E-state index in [4.69, 9.17) is 4.74 Å². The molecule has 0 unspecified atom stereocenters. The molecule has 102 valence electrons. The molecule has 0 bridgehead atoms. The van der Waals surface area contributed by atoms with Crippen LogP contribution in [0.2, 0.25) is 0 Å². The maximum Gasteiger partial charge on any atom is 0.336 e. The molecule has 0 aromatic heterocycles. The highest BCUT2D eigenvalue weighted by Crippen LogP contribution is 2.19. The van der Waals surface area contributed by atoms with E-state index < -0.39 is 5.97 Å². The molecule has 2 rings (SSSR count). The number of hydrogen-bond donors (Lipinski definition) is 1. The van der Waals surface area contributed by atoms with Gasteiger partial charge in [0.25, 0.3) is 0 Å². The molecule has 0 atom stereocenters. The lowest BCUT2D eigenvalue weighted by Gasteiger charge is -2.04. The average Bonchev–Trinajstić information content (AvgIpc) is 2.47. The summed E-state index contributed by atoms with van der Waals surface area (Å²) in [6, 6.07) is 16.7. The predicted octanol–water partition coefficient (Wildman–Crippen LogP) is 3.46. The molecule has 3 heteroatoms. The minimum atomic E-state index is -0.933. The van der Waals surface area contributed by atoms with E-state index in [9.17, 15) is 9.90 Å². The molecule has 0 aliphatic carbocycles. The second-order valence-corrected chi connectivity index (χ2v) is 4.40. The van der Waals surface area contributed by atoms with Gasteiger partial charge < -0.3 is 9.84 Å². The first kappa shape index (κ1) is 14.0. The third-order valence-electron chi connectivity index (χ3n) is 2.92. The molecule has 0 fully saturated rings. The lowest BCUT2D eigenvalue weighted by molar-refractivity contribution is -0.130. The highest BCUT2D eigenvalue weighted by atomic mass is 16.5. The minimum Gasteiger partial charge on any atom is -0.478 e. The largest absolute Gasteiger partial charge is 0.478 e. The van der Waals surface area contributed by atoms with Crippen LogP contribution in [-0.2, 0) is 16.1 Å². The molecule has 3 nitrogen and oxygen atoms in total. The number of rotatable bonds is 5. The van der Waals surface area contributed by atoms with Crippen molar-refractivity contribution in [1.29, 1.82) is 0 Å². The first-order valence-corrected chi connectivity index (χ1v) is 6.29. The van der Waals surface area contributed by atoms with Crippen LogP contribution in [0.4, 0.5) is 0 Å². The molecule has 0 heterocycles. The summed E-state index contributed by atoms with van der Waals surface area (Å²) < 4.78 is 5.05. The second-order valence-electron chi connectivity index (χ2n) is 4.40. The lowest BCUT2D eigenvalue weighted by Crippen LogP contribution is -1.99. The van der Waals surface area contributed by atoms with Crippen molar-refractivity contribution in [2.45, 2.75) is 6.61 Å². The van der Waals surface area contributed by atoms with Gasteiger partial charge >= 0.3 is 5.97 Å². The van der Waals surface area contributed by atoms with Gasteiger partial charge in [-0.3, -0.25) is 0 Å². The summed E-state index contributed by atoms with van der Waals surface area (Å²) in [5.74, 6) is -0.933. The van der Waals surface area contributed by atoms with E-state index in [-0.39, 0.29) is 5.57 Å². The minimum absolute atomic E-state index is 0.282. The summed E-state index contributed by atoms with van der Waals surface area (Å²) in [4.78, 5) is 11.4. The Hall–Kier alpha value is -2.39. The third kappa shape index (κ3) is 3.56. The van der Waals surface area contributed by atoms with Crippen molar-refractivity contribution in [2.24, 2.45) is 0 Å². The van der Waals surface area contributed by atoms with Gasteiger partial charge in [-0.1, -0.05) is 54.6 Å². The van der Waals surface area contributed by atoms with Crippen molar-refractivity contribution >= 4 is 17.6 Å².